The summed E-state index contributed by atoms with van der Waals surface area (Å²) in [5.74, 6) is 0.926. The fourth-order valence-corrected chi connectivity index (χ4v) is 3.81. The molecule has 1 aliphatic carbocycles. The lowest BCUT2D eigenvalue weighted by atomic mass is 10.1. The van der Waals surface area contributed by atoms with Crippen molar-refractivity contribution in [2.45, 2.75) is 18.8 Å². The predicted octanol–water partition coefficient (Wildman–Crippen LogP) is 3.95. The highest BCUT2D eigenvalue weighted by molar-refractivity contribution is 7.18. The molecular weight excluding hydrogens is 402 g/mol. The van der Waals surface area contributed by atoms with Gasteiger partial charge in [0.15, 0.2) is 10.9 Å². The van der Waals surface area contributed by atoms with Gasteiger partial charge in [-0.3, -0.25) is 19.9 Å². The standard InChI is InChI=1S/C21H15N5O3S/c27-17(14-4-1-2-8-22-14)18-16(15-5-3-9-29-15)25-21(30-18)26-20(28)13-10-23-19(24-11-13)12-6-7-12/h1-5,8-12H,6-7H2,(H,25,26,28). The first kappa shape index (κ1) is 18.3. The van der Waals surface area contributed by atoms with Crippen LogP contribution in [0.3, 0.4) is 0 Å². The van der Waals surface area contributed by atoms with E-state index in [1.807, 2.05) is 0 Å². The van der Waals surface area contributed by atoms with Gasteiger partial charge in [-0.2, -0.15) is 0 Å². The first-order valence-electron chi connectivity index (χ1n) is 9.33. The van der Waals surface area contributed by atoms with Crippen molar-refractivity contribution in [2.24, 2.45) is 0 Å². The smallest absolute Gasteiger partial charge is 0.260 e. The molecule has 8 nitrogen and oxygen atoms in total. The number of anilines is 1. The summed E-state index contributed by atoms with van der Waals surface area (Å²) in [6.07, 6.45) is 8.25. The quantitative estimate of drug-likeness (QED) is 0.473. The van der Waals surface area contributed by atoms with Crippen molar-refractivity contribution in [3.05, 3.63) is 77.1 Å². The first-order valence-corrected chi connectivity index (χ1v) is 10.1. The monoisotopic (exact) mass is 417 g/mol. The van der Waals surface area contributed by atoms with Gasteiger partial charge >= 0.3 is 0 Å². The van der Waals surface area contributed by atoms with E-state index in [1.54, 1.807) is 36.5 Å². The van der Waals surface area contributed by atoms with Gasteiger partial charge in [0.2, 0.25) is 5.78 Å². The number of amides is 1. The highest BCUT2D eigenvalue weighted by Crippen LogP contribution is 2.37. The molecule has 0 spiro atoms. The van der Waals surface area contributed by atoms with Gasteiger partial charge in [-0.15, -0.1) is 0 Å². The Morgan fingerprint density at radius 3 is 2.57 bits per heavy atom. The molecule has 4 aromatic rings. The lowest BCUT2D eigenvalue weighted by Gasteiger charge is -2.02. The second kappa shape index (κ2) is 7.60. The lowest BCUT2D eigenvalue weighted by Crippen LogP contribution is -2.13. The molecule has 1 fully saturated rings. The average Bonchev–Trinajstić information content (AvgIpc) is 3.33. The number of nitrogens with zero attached hydrogens (tertiary/aromatic N) is 4. The second-order valence-electron chi connectivity index (χ2n) is 6.78. The molecule has 0 aliphatic heterocycles. The van der Waals surface area contributed by atoms with Crippen molar-refractivity contribution in [3.63, 3.8) is 0 Å². The largest absolute Gasteiger partial charge is 0.463 e. The van der Waals surface area contributed by atoms with Crippen LogP contribution < -0.4 is 5.32 Å². The van der Waals surface area contributed by atoms with Gasteiger partial charge in [0, 0.05) is 24.5 Å². The Kier molecular flexibility index (Phi) is 4.64. The van der Waals surface area contributed by atoms with Gasteiger partial charge in [0.05, 0.1) is 11.8 Å². The molecule has 148 valence electrons. The minimum Gasteiger partial charge on any atom is -0.463 e. The number of furan rings is 1. The van der Waals surface area contributed by atoms with Crippen LogP contribution in [0, 0.1) is 0 Å². The molecule has 0 radical (unpaired) electrons. The Balaban J connectivity index is 1.44. The number of thiazole rings is 1. The number of nitrogens with one attached hydrogen (secondary N) is 1. The van der Waals surface area contributed by atoms with Crippen molar-refractivity contribution < 1.29 is 14.0 Å². The van der Waals surface area contributed by atoms with E-state index >= 15 is 0 Å². The molecule has 0 atom stereocenters. The first-order chi connectivity index (χ1) is 14.7. The summed E-state index contributed by atoms with van der Waals surface area (Å²) in [6.45, 7) is 0. The van der Waals surface area contributed by atoms with E-state index in [0.717, 1.165) is 30.0 Å². The molecule has 9 heteroatoms. The third-order valence-electron chi connectivity index (χ3n) is 4.58. The van der Waals surface area contributed by atoms with Crippen LogP contribution in [0.15, 0.2) is 59.6 Å². The SMILES string of the molecule is O=C(Nc1nc(-c2ccco2)c(C(=O)c2ccccn2)s1)c1cnc(C2CC2)nc1. The van der Waals surface area contributed by atoms with Gasteiger partial charge in [-0.25, -0.2) is 15.0 Å². The van der Waals surface area contributed by atoms with Gasteiger partial charge in [-0.05, 0) is 37.1 Å². The summed E-state index contributed by atoms with van der Waals surface area (Å²) in [5, 5.41) is 3.00. The molecule has 5 rings (SSSR count). The van der Waals surface area contributed by atoms with Crippen LogP contribution in [0.4, 0.5) is 5.13 Å². The van der Waals surface area contributed by atoms with Crippen molar-refractivity contribution in [2.75, 3.05) is 5.32 Å². The zero-order valence-electron chi connectivity index (χ0n) is 15.6. The molecule has 4 aromatic heterocycles. The molecule has 0 unspecified atom stereocenters. The molecule has 0 saturated heterocycles. The van der Waals surface area contributed by atoms with Crippen molar-refractivity contribution in [1.29, 1.82) is 0 Å². The number of ketones is 1. The number of hydrogen-bond acceptors (Lipinski definition) is 8. The van der Waals surface area contributed by atoms with Crippen molar-refractivity contribution >= 4 is 28.2 Å². The van der Waals surface area contributed by atoms with Crippen LogP contribution in [0.2, 0.25) is 0 Å². The predicted molar refractivity (Wildman–Crippen MR) is 109 cm³/mol. The average molecular weight is 417 g/mol. The van der Waals surface area contributed by atoms with Crippen molar-refractivity contribution in [3.8, 4) is 11.5 Å². The number of aromatic nitrogens is 4. The van der Waals surface area contributed by atoms with Gasteiger partial charge < -0.3 is 4.42 Å². The van der Waals surface area contributed by atoms with E-state index < -0.39 is 5.91 Å². The van der Waals surface area contributed by atoms with Crippen LogP contribution in [0.5, 0.6) is 0 Å². The Morgan fingerprint density at radius 2 is 1.90 bits per heavy atom. The van der Waals surface area contributed by atoms with E-state index in [4.69, 9.17) is 4.42 Å². The van der Waals surface area contributed by atoms with Gasteiger partial charge in [-0.1, -0.05) is 17.4 Å². The molecule has 1 saturated carbocycles. The second-order valence-corrected chi connectivity index (χ2v) is 7.78. The summed E-state index contributed by atoms with van der Waals surface area (Å²) in [5.41, 5.74) is 0.971. The number of pyridine rings is 1. The van der Waals surface area contributed by atoms with E-state index in [-0.39, 0.29) is 16.6 Å². The third-order valence-corrected chi connectivity index (χ3v) is 5.55. The topological polar surface area (TPSA) is 111 Å². The molecule has 4 heterocycles. The van der Waals surface area contributed by atoms with E-state index in [2.05, 4.69) is 25.3 Å². The summed E-state index contributed by atoms with van der Waals surface area (Å²) in [4.78, 5) is 43.0. The molecule has 1 amide bonds. The highest BCUT2D eigenvalue weighted by atomic mass is 32.1. The summed E-state index contributed by atoms with van der Waals surface area (Å²) in [6, 6.07) is 8.52. The van der Waals surface area contributed by atoms with Crippen LogP contribution in [-0.4, -0.2) is 31.6 Å². The molecule has 0 aromatic carbocycles. The summed E-state index contributed by atoms with van der Waals surface area (Å²) < 4.78 is 5.43. The Morgan fingerprint density at radius 1 is 1.07 bits per heavy atom. The minimum absolute atomic E-state index is 0.275. The van der Waals surface area contributed by atoms with Crippen LogP contribution >= 0.6 is 11.3 Å². The zero-order chi connectivity index (χ0) is 20.5. The van der Waals surface area contributed by atoms with Crippen LogP contribution in [0.1, 0.15) is 50.3 Å². The minimum atomic E-state index is -0.395. The molecular formula is C21H15N5O3S. The number of carbonyl (C=O) groups is 2. The number of hydrogen-bond donors (Lipinski definition) is 1. The summed E-state index contributed by atoms with van der Waals surface area (Å²) >= 11 is 1.07. The third kappa shape index (κ3) is 3.62. The zero-order valence-corrected chi connectivity index (χ0v) is 16.4. The Hall–Kier alpha value is -3.72. The fraction of sp³-hybridized carbons (Fsp3) is 0.143. The molecule has 1 aliphatic rings. The maximum absolute atomic E-state index is 13.0. The maximum atomic E-state index is 13.0. The number of carbonyl (C=O) groups excluding carboxylic acids is 2. The Labute approximate surface area is 175 Å². The van der Waals surface area contributed by atoms with Gasteiger partial charge in [0.25, 0.3) is 5.91 Å². The van der Waals surface area contributed by atoms with Crippen molar-refractivity contribution in [1.82, 2.24) is 19.9 Å². The highest BCUT2D eigenvalue weighted by Gasteiger charge is 2.27. The fourth-order valence-electron chi connectivity index (χ4n) is 2.90. The van der Waals surface area contributed by atoms with E-state index in [1.165, 1.54) is 18.7 Å². The summed E-state index contributed by atoms with van der Waals surface area (Å²) in [7, 11) is 0. The van der Waals surface area contributed by atoms with Crippen LogP contribution in [0.25, 0.3) is 11.5 Å². The Bertz CT molecular complexity index is 1200. The molecule has 30 heavy (non-hydrogen) atoms. The van der Waals surface area contributed by atoms with E-state index in [9.17, 15) is 9.59 Å². The number of rotatable bonds is 6. The van der Waals surface area contributed by atoms with Crippen LogP contribution in [-0.2, 0) is 0 Å². The maximum Gasteiger partial charge on any atom is 0.260 e. The molecule has 1 N–H and O–H groups in total. The normalized spacial score (nSPS) is 13.2. The van der Waals surface area contributed by atoms with Gasteiger partial charge in [0.1, 0.15) is 22.1 Å². The molecule has 0 bridgehead atoms. The lowest BCUT2D eigenvalue weighted by molar-refractivity contribution is 0.102. The van der Waals surface area contributed by atoms with E-state index in [0.29, 0.717) is 27.8 Å².